The van der Waals surface area contributed by atoms with Crippen molar-refractivity contribution in [3.8, 4) is 0 Å². The highest BCUT2D eigenvalue weighted by atomic mass is 16.1. The van der Waals surface area contributed by atoms with Gasteiger partial charge in [-0.15, -0.1) is 0 Å². The fourth-order valence-corrected chi connectivity index (χ4v) is 2.89. The average molecular weight is 294 g/mol. The number of carbonyl (C=O) groups excluding carboxylic acids is 1. The van der Waals surface area contributed by atoms with Crippen molar-refractivity contribution in [2.24, 2.45) is 5.92 Å². The minimum absolute atomic E-state index is 0.0728. The smallest absolute Gasteiger partial charge is 0.193 e. The van der Waals surface area contributed by atoms with Crippen LogP contribution in [0.4, 0.5) is 5.69 Å². The minimum atomic E-state index is 0.0728. The molecule has 2 aromatic carbocycles. The molecular weight excluding hydrogens is 272 g/mol. The number of rotatable bonds is 5. The zero-order valence-electron chi connectivity index (χ0n) is 12.7. The second-order valence-corrected chi connectivity index (χ2v) is 5.87. The van der Waals surface area contributed by atoms with E-state index in [1.807, 2.05) is 54.6 Å². The Morgan fingerprint density at radius 2 is 1.91 bits per heavy atom. The van der Waals surface area contributed by atoms with Crippen LogP contribution < -0.4 is 10.6 Å². The van der Waals surface area contributed by atoms with Gasteiger partial charge in [0, 0.05) is 23.4 Å². The Morgan fingerprint density at radius 3 is 2.68 bits per heavy atom. The van der Waals surface area contributed by atoms with Gasteiger partial charge in [0.05, 0.1) is 0 Å². The van der Waals surface area contributed by atoms with Gasteiger partial charge in [-0.3, -0.25) is 4.79 Å². The van der Waals surface area contributed by atoms with Crippen molar-refractivity contribution in [1.29, 1.82) is 0 Å². The third-order valence-electron chi connectivity index (χ3n) is 4.15. The number of nitrogens with one attached hydrogen (secondary N) is 2. The van der Waals surface area contributed by atoms with Crippen molar-refractivity contribution in [2.45, 2.75) is 12.8 Å². The van der Waals surface area contributed by atoms with Crippen LogP contribution in [-0.4, -0.2) is 25.4 Å². The van der Waals surface area contributed by atoms with Crippen molar-refractivity contribution in [3.63, 3.8) is 0 Å². The largest absolute Gasteiger partial charge is 0.385 e. The molecule has 1 saturated heterocycles. The lowest BCUT2D eigenvalue weighted by molar-refractivity contribution is 0.103. The number of anilines is 1. The molecule has 0 aromatic heterocycles. The van der Waals surface area contributed by atoms with Gasteiger partial charge >= 0.3 is 0 Å². The summed E-state index contributed by atoms with van der Waals surface area (Å²) in [5.41, 5.74) is 2.49. The second kappa shape index (κ2) is 7.23. The maximum absolute atomic E-state index is 12.5. The lowest BCUT2D eigenvalue weighted by Gasteiger charge is -2.23. The summed E-state index contributed by atoms with van der Waals surface area (Å²) in [5.74, 6) is 0.741. The third kappa shape index (κ3) is 3.74. The van der Waals surface area contributed by atoms with Gasteiger partial charge in [0.1, 0.15) is 0 Å². The Kier molecular flexibility index (Phi) is 4.86. The molecule has 3 rings (SSSR count). The van der Waals surface area contributed by atoms with Crippen LogP contribution >= 0.6 is 0 Å². The Balaban J connectivity index is 1.66. The maximum atomic E-state index is 12.5. The molecule has 1 unspecified atom stereocenters. The van der Waals surface area contributed by atoms with Crippen molar-refractivity contribution < 1.29 is 4.79 Å². The highest BCUT2D eigenvalue weighted by Crippen LogP contribution is 2.17. The van der Waals surface area contributed by atoms with E-state index in [-0.39, 0.29) is 5.78 Å². The quantitative estimate of drug-likeness (QED) is 0.831. The molecule has 22 heavy (non-hydrogen) atoms. The molecule has 3 nitrogen and oxygen atoms in total. The summed E-state index contributed by atoms with van der Waals surface area (Å²) in [7, 11) is 0. The Hall–Kier alpha value is -2.13. The maximum Gasteiger partial charge on any atom is 0.193 e. The van der Waals surface area contributed by atoms with Crippen LogP contribution in [0.2, 0.25) is 0 Å². The average Bonchev–Trinajstić information content (AvgIpc) is 2.61. The summed E-state index contributed by atoms with van der Waals surface area (Å²) in [6.45, 7) is 3.17. The molecule has 1 fully saturated rings. The van der Waals surface area contributed by atoms with E-state index in [9.17, 15) is 4.79 Å². The molecule has 2 aromatic rings. The van der Waals surface area contributed by atoms with E-state index >= 15 is 0 Å². The Bertz CT molecular complexity index is 618. The zero-order valence-corrected chi connectivity index (χ0v) is 12.7. The fourth-order valence-electron chi connectivity index (χ4n) is 2.89. The van der Waals surface area contributed by atoms with E-state index < -0.39 is 0 Å². The molecule has 0 bridgehead atoms. The SMILES string of the molecule is O=C(c1ccccc1)c1cccc(NCC2CCCNC2)c1. The Morgan fingerprint density at radius 1 is 1.09 bits per heavy atom. The lowest BCUT2D eigenvalue weighted by atomic mass is 9.99. The molecule has 0 aliphatic carbocycles. The predicted molar refractivity (Wildman–Crippen MR) is 90.4 cm³/mol. The molecule has 2 N–H and O–H groups in total. The topological polar surface area (TPSA) is 41.1 Å². The van der Waals surface area contributed by atoms with Gasteiger partial charge < -0.3 is 10.6 Å². The van der Waals surface area contributed by atoms with E-state index in [0.29, 0.717) is 5.92 Å². The first-order chi connectivity index (χ1) is 10.8. The lowest BCUT2D eigenvalue weighted by Crippen LogP contribution is -2.33. The molecule has 1 aliphatic heterocycles. The molecule has 1 atom stereocenters. The van der Waals surface area contributed by atoms with Gasteiger partial charge in [-0.05, 0) is 44.0 Å². The first-order valence-corrected chi connectivity index (χ1v) is 7.97. The number of hydrogen-bond donors (Lipinski definition) is 2. The first-order valence-electron chi connectivity index (χ1n) is 7.97. The van der Waals surface area contributed by atoms with Crippen LogP contribution in [0.3, 0.4) is 0 Å². The van der Waals surface area contributed by atoms with Crippen LogP contribution in [-0.2, 0) is 0 Å². The molecular formula is C19H22N2O. The monoisotopic (exact) mass is 294 g/mol. The van der Waals surface area contributed by atoms with E-state index in [1.54, 1.807) is 0 Å². The van der Waals surface area contributed by atoms with Crippen molar-refractivity contribution in [2.75, 3.05) is 25.0 Å². The molecule has 1 aliphatic rings. The number of ketones is 1. The minimum Gasteiger partial charge on any atom is -0.385 e. The molecule has 1 heterocycles. The molecule has 3 heteroatoms. The summed E-state index contributed by atoms with van der Waals surface area (Å²) in [6.07, 6.45) is 2.52. The Labute approximate surface area is 131 Å². The van der Waals surface area contributed by atoms with Gasteiger partial charge in [0.2, 0.25) is 0 Å². The number of benzene rings is 2. The fraction of sp³-hybridized carbons (Fsp3) is 0.316. The van der Waals surface area contributed by atoms with Gasteiger partial charge in [-0.25, -0.2) is 0 Å². The van der Waals surface area contributed by atoms with E-state index in [2.05, 4.69) is 10.6 Å². The molecule has 0 amide bonds. The second-order valence-electron chi connectivity index (χ2n) is 5.87. The number of piperidine rings is 1. The number of carbonyl (C=O) groups is 1. The summed E-state index contributed by atoms with van der Waals surface area (Å²) in [5, 5.41) is 6.90. The van der Waals surface area contributed by atoms with Crippen molar-refractivity contribution in [3.05, 3.63) is 65.7 Å². The highest BCUT2D eigenvalue weighted by Gasteiger charge is 2.13. The first kappa shape index (κ1) is 14.8. The standard InChI is InChI=1S/C19H22N2O/c22-19(16-7-2-1-3-8-16)17-9-4-10-18(12-17)21-14-15-6-5-11-20-13-15/h1-4,7-10,12,15,20-21H,5-6,11,13-14H2. The van der Waals surface area contributed by atoms with Gasteiger partial charge in [-0.1, -0.05) is 42.5 Å². The summed E-state index contributed by atoms with van der Waals surface area (Å²) < 4.78 is 0. The highest BCUT2D eigenvalue weighted by molar-refractivity contribution is 6.09. The normalized spacial score (nSPS) is 17.9. The van der Waals surface area contributed by atoms with Gasteiger partial charge in [-0.2, -0.15) is 0 Å². The summed E-state index contributed by atoms with van der Waals surface area (Å²) in [4.78, 5) is 12.5. The van der Waals surface area contributed by atoms with Crippen LogP contribution in [0, 0.1) is 5.92 Å². The van der Waals surface area contributed by atoms with Crippen LogP contribution in [0.25, 0.3) is 0 Å². The van der Waals surface area contributed by atoms with Crippen LogP contribution in [0.5, 0.6) is 0 Å². The van der Waals surface area contributed by atoms with E-state index in [4.69, 9.17) is 0 Å². The van der Waals surface area contributed by atoms with Crippen molar-refractivity contribution >= 4 is 11.5 Å². The van der Waals surface area contributed by atoms with Crippen LogP contribution in [0.1, 0.15) is 28.8 Å². The molecule has 0 saturated carbocycles. The predicted octanol–water partition coefficient (Wildman–Crippen LogP) is 3.33. The summed E-state index contributed by atoms with van der Waals surface area (Å²) >= 11 is 0. The van der Waals surface area contributed by atoms with Crippen LogP contribution in [0.15, 0.2) is 54.6 Å². The molecule has 114 valence electrons. The van der Waals surface area contributed by atoms with Gasteiger partial charge in [0.25, 0.3) is 0 Å². The summed E-state index contributed by atoms with van der Waals surface area (Å²) in [6, 6.07) is 17.2. The number of hydrogen-bond acceptors (Lipinski definition) is 3. The third-order valence-corrected chi connectivity index (χ3v) is 4.15. The van der Waals surface area contributed by atoms with E-state index in [1.165, 1.54) is 12.8 Å². The molecule has 0 radical (unpaired) electrons. The van der Waals surface area contributed by atoms with E-state index in [0.717, 1.165) is 36.4 Å². The molecule has 0 spiro atoms. The zero-order chi connectivity index (χ0) is 15.2. The van der Waals surface area contributed by atoms with Crippen molar-refractivity contribution in [1.82, 2.24) is 5.32 Å². The van der Waals surface area contributed by atoms with Gasteiger partial charge in [0.15, 0.2) is 5.78 Å².